The molecule has 0 saturated heterocycles. The van der Waals surface area contributed by atoms with Crippen molar-refractivity contribution in [1.29, 1.82) is 5.26 Å². The largest absolute Gasteiger partial charge is 0.281 e. The van der Waals surface area contributed by atoms with Crippen molar-refractivity contribution < 1.29 is 17.2 Å². The third kappa shape index (κ3) is 2.34. The lowest BCUT2D eigenvalue weighted by atomic mass is 10.2. The van der Waals surface area contributed by atoms with Crippen LogP contribution in [0.25, 0.3) is 0 Å². The summed E-state index contributed by atoms with van der Waals surface area (Å²) in [7, 11) is -4.11. The van der Waals surface area contributed by atoms with Gasteiger partial charge in [-0.1, -0.05) is 0 Å². The van der Waals surface area contributed by atoms with Crippen molar-refractivity contribution in [2.24, 2.45) is 5.14 Å². The smallest absolute Gasteiger partial charge is 0.252 e. The lowest BCUT2D eigenvalue weighted by molar-refractivity contribution is 0.145. The zero-order valence-electron chi connectivity index (χ0n) is 7.49. The maximum absolute atomic E-state index is 12.4. The van der Waals surface area contributed by atoms with Gasteiger partial charge in [0.1, 0.15) is 16.7 Å². The van der Waals surface area contributed by atoms with Crippen LogP contribution in [-0.4, -0.2) is 13.4 Å². The number of nitriles is 1. The molecule has 5 nitrogen and oxygen atoms in total. The van der Waals surface area contributed by atoms with Gasteiger partial charge in [-0.2, -0.15) is 5.26 Å². The van der Waals surface area contributed by atoms with Gasteiger partial charge in [0.2, 0.25) is 10.0 Å². The Hall–Kier alpha value is -1.11. The SMILES string of the molecule is N#Cc1c(C(F)F)ncc(S(N)(=O)=O)c1Br. The van der Waals surface area contributed by atoms with E-state index in [-0.39, 0.29) is 4.47 Å². The van der Waals surface area contributed by atoms with Gasteiger partial charge in [-0.25, -0.2) is 22.3 Å². The van der Waals surface area contributed by atoms with Crippen molar-refractivity contribution in [3.63, 3.8) is 0 Å². The minimum atomic E-state index is -4.11. The Kier molecular flexibility index (Phi) is 3.57. The molecular formula is C7H4BrF2N3O2S. The van der Waals surface area contributed by atoms with Crippen molar-refractivity contribution >= 4 is 26.0 Å². The number of pyridine rings is 1. The predicted molar refractivity (Wildman–Crippen MR) is 53.0 cm³/mol. The van der Waals surface area contributed by atoms with E-state index < -0.39 is 32.6 Å². The molecule has 0 amide bonds. The highest BCUT2D eigenvalue weighted by atomic mass is 79.9. The molecule has 1 aromatic rings. The van der Waals surface area contributed by atoms with E-state index in [1.54, 1.807) is 0 Å². The highest BCUT2D eigenvalue weighted by molar-refractivity contribution is 9.10. The monoisotopic (exact) mass is 311 g/mol. The quantitative estimate of drug-likeness (QED) is 0.890. The van der Waals surface area contributed by atoms with E-state index in [9.17, 15) is 17.2 Å². The minimum Gasteiger partial charge on any atom is -0.252 e. The summed E-state index contributed by atoms with van der Waals surface area (Å²) in [4.78, 5) is 2.71. The maximum Gasteiger partial charge on any atom is 0.281 e. The molecule has 0 atom stereocenters. The molecule has 16 heavy (non-hydrogen) atoms. The van der Waals surface area contributed by atoms with E-state index in [1.807, 2.05) is 0 Å². The fraction of sp³-hybridized carbons (Fsp3) is 0.143. The van der Waals surface area contributed by atoms with Crippen LogP contribution < -0.4 is 5.14 Å². The van der Waals surface area contributed by atoms with Crippen LogP contribution in [0.4, 0.5) is 8.78 Å². The third-order valence-electron chi connectivity index (χ3n) is 1.64. The Morgan fingerprint density at radius 1 is 1.56 bits per heavy atom. The summed E-state index contributed by atoms with van der Waals surface area (Å²) in [5.41, 5.74) is -1.33. The molecule has 0 radical (unpaired) electrons. The first-order valence-electron chi connectivity index (χ1n) is 3.68. The summed E-state index contributed by atoms with van der Waals surface area (Å²) in [5.74, 6) is 0. The van der Waals surface area contributed by atoms with Crippen LogP contribution >= 0.6 is 15.9 Å². The molecule has 1 heterocycles. The van der Waals surface area contributed by atoms with Gasteiger partial charge in [0.15, 0.2) is 0 Å². The number of rotatable bonds is 2. The molecule has 0 aliphatic heterocycles. The van der Waals surface area contributed by atoms with E-state index in [0.717, 1.165) is 0 Å². The molecule has 86 valence electrons. The van der Waals surface area contributed by atoms with Gasteiger partial charge in [-0.05, 0) is 15.9 Å². The molecule has 0 aliphatic carbocycles. The van der Waals surface area contributed by atoms with Crippen molar-refractivity contribution in [1.82, 2.24) is 4.98 Å². The molecule has 9 heteroatoms. The van der Waals surface area contributed by atoms with Crippen LogP contribution in [0, 0.1) is 11.3 Å². The van der Waals surface area contributed by atoms with Crippen molar-refractivity contribution in [3.05, 3.63) is 21.9 Å². The lowest BCUT2D eigenvalue weighted by Crippen LogP contribution is -2.14. The second kappa shape index (κ2) is 4.40. The van der Waals surface area contributed by atoms with Crippen LogP contribution in [0.1, 0.15) is 17.7 Å². The van der Waals surface area contributed by atoms with E-state index >= 15 is 0 Å². The normalized spacial score (nSPS) is 11.5. The Morgan fingerprint density at radius 3 is 2.50 bits per heavy atom. The Balaban J connectivity index is 3.61. The first-order valence-corrected chi connectivity index (χ1v) is 6.02. The van der Waals surface area contributed by atoms with Gasteiger partial charge in [-0.3, -0.25) is 4.98 Å². The molecule has 0 bridgehead atoms. The summed E-state index contributed by atoms with van der Waals surface area (Å²) in [6, 6.07) is 1.45. The van der Waals surface area contributed by atoms with Gasteiger partial charge in [0.05, 0.1) is 10.0 Å². The number of hydrogen-bond acceptors (Lipinski definition) is 4. The Bertz CT molecular complexity index is 568. The third-order valence-corrected chi connectivity index (χ3v) is 3.65. The number of halogens is 3. The molecule has 0 saturated carbocycles. The van der Waals surface area contributed by atoms with Gasteiger partial charge in [-0.15, -0.1) is 0 Å². The Morgan fingerprint density at radius 2 is 2.12 bits per heavy atom. The number of hydrogen-bond donors (Lipinski definition) is 1. The highest BCUT2D eigenvalue weighted by Gasteiger charge is 2.23. The van der Waals surface area contributed by atoms with Gasteiger partial charge < -0.3 is 0 Å². The summed E-state index contributed by atoms with van der Waals surface area (Å²) < 4.78 is 46.5. The molecule has 1 rings (SSSR count). The molecule has 0 aliphatic rings. The average molecular weight is 312 g/mol. The summed E-state index contributed by atoms with van der Waals surface area (Å²) >= 11 is 2.74. The summed E-state index contributed by atoms with van der Waals surface area (Å²) in [5, 5.41) is 13.5. The second-order valence-corrected chi connectivity index (χ2v) is 4.98. The zero-order chi connectivity index (χ0) is 12.5. The van der Waals surface area contributed by atoms with Crippen LogP contribution in [0.3, 0.4) is 0 Å². The van der Waals surface area contributed by atoms with Crippen LogP contribution in [0.15, 0.2) is 15.6 Å². The number of alkyl halides is 2. The Labute approximate surface area is 98.1 Å². The number of sulfonamides is 1. The van der Waals surface area contributed by atoms with E-state index in [1.165, 1.54) is 6.07 Å². The van der Waals surface area contributed by atoms with E-state index in [0.29, 0.717) is 6.20 Å². The first-order chi connectivity index (χ1) is 7.29. The summed E-state index contributed by atoms with van der Waals surface area (Å²) in [6.07, 6.45) is -2.29. The fourth-order valence-electron chi connectivity index (χ4n) is 0.955. The molecular weight excluding hydrogens is 308 g/mol. The molecule has 0 unspecified atom stereocenters. The minimum absolute atomic E-state index is 0.303. The van der Waals surface area contributed by atoms with Crippen molar-refractivity contribution in [3.8, 4) is 6.07 Å². The van der Waals surface area contributed by atoms with Crippen molar-refractivity contribution in [2.75, 3.05) is 0 Å². The van der Waals surface area contributed by atoms with E-state index in [4.69, 9.17) is 10.4 Å². The van der Waals surface area contributed by atoms with Crippen LogP contribution in [0.2, 0.25) is 0 Å². The van der Waals surface area contributed by atoms with Gasteiger partial charge in [0, 0.05) is 6.20 Å². The lowest BCUT2D eigenvalue weighted by Gasteiger charge is -2.07. The number of aromatic nitrogens is 1. The number of primary sulfonamides is 1. The predicted octanol–water partition coefficient (Wildman–Crippen LogP) is 1.30. The maximum atomic E-state index is 12.4. The molecule has 2 N–H and O–H groups in total. The van der Waals surface area contributed by atoms with Crippen LogP contribution in [-0.2, 0) is 10.0 Å². The van der Waals surface area contributed by atoms with Crippen molar-refractivity contribution in [2.45, 2.75) is 11.3 Å². The number of nitrogens with zero attached hydrogens (tertiary/aromatic N) is 2. The number of nitrogens with two attached hydrogens (primary N) is 1. The highest BCUT2D eigenvalue weighted by Crippen LogP contribution is 2.30. The van der Waals surface area contributed by atoms with Gasteiger partial charge in [0.25, 0.3) is 6.43 Å². The summed E-state index contributed by atoms with van der Waals surface area (Å²) in [6.45, 7) is 0. The topological polar surface area (TPSA) is 96.8 Å². The first kappa shape index (κ1) is 13.0. The van der Waals surface area contributed by atoms with Crippen LogP contribution in [0.5, 0.6) is 0 Å². The molecule has 0 fully saturated rings. The second-order valence-electron chi connectivity index (χ2n) is 2.65. The molecule has 0 spiro atoms. The van der Waals surface area contributed by atoms with Gasteiger partial charge >= 0.3 is 0 Å². The zero-order valence-corrected chi connectivity index (χ0v) is 9.89. The molecule has 0 aromatic carbocycles. The standard InChI is InChI=1S/C7H4BrF2N3O2S/c8-5-3(1-11)6(7(9)10)13-2-4(5)16(12,14)15/h2,7H,(H2,12,14,15). The average Bonchev–Trinajstić information content (AvgIpc) is 2.14. The fourth-order valence-corrected chi connectivity index (χ4v) is 2.58. The molecule has 1 aromatic heterocycles. The van der Waals surface area contributed by atoms with E-state index in [2.05, 4.69) is 20.9 Å².